The van der Waals surface area contributed by atoms with Gasteiger partial charge in [-0.3, -0.25) is 10.5 Å². The highest BCUT2D eigenvalue weighted by Crippen LogP contribution is 2.23. The number of aromatic nitrogens is 1. The van der Waals surface area contributed by atoms with E-state index in [9.17, 15) is 10.1 Å². The zero-order chi connectivity index (χ0) is 19.8. The SMILES string of the molecule is CC(C)C[C@@H](NC(=O)CSc1[nH+]c(N)c(C#N)cc1C#N)c1ccccc1. The van der Waals surface area contributed by atoms with Crippen molar-refractivity contribution in [2.45, 2.75) is 31.3 Å². The van der Waals surface area contributed by atoms with Crippen molar-refractivity contribution in [1.82, 2.24) is 5.32 Å². The van der Waals surface area contributed by atoms with Crippen LogP contribution in [0.3, 0.4) is 0 Å². The van der Waals surface area contributed by atoms with Crippen LogP contribution in [-0.2, 0) is 4.79 Å². The largest absolute Gasteiger partial charge is 0.349 e. The summed E-state index contributed by atoms with van der Waals surface area (Å²) in [5.41, 5.74) is 7.34. The predicted octanol–water partition coefficient (Wildman–Crippen LogP) is 2.82. The lowest BCUT2D eigenvalue weighted by Gasteiger charge is -2.21. The smallest absolute Gasteiger partial charge is 0.289 e. The van der Waals surface area contributed by atoms with Crippen LogP contribution in [0.25, 0.3) is 0 Å². The minimum atomic E-state index is -0.130. The van der Waals surface area contributed by atoms with Gasteiger partial charge in [-0.15, -0.1) is 0 Å². The first-order chi connectivity index (χ1) is 12.9. The number of H-pyrrole nitrogens is 1. The molecule has 138 valence electrons. The van der Waals surface area contributed by atoms with Crippen molar-refractivity contribution >= 4 is 23.5 Å². The Balaban J connectivity index is 2.08. The third-order valence-electron chi connectivity index (χ3n) is 3.90. The highest BCUT2D eigenvalue weighted by atomic mass is 32.2. The van der Waals surface area contributed by atoms with Crippen molar-refractivity contribution in [3.05, 3.63) is 53.1 Å². The van der Waals surface area contributed by atoms with E-state index >= 15 is 0 Å². The summed E-state index contributed by atoms with van der Waals surface area (Å²) in [6.07, 6.45) is 0.833. The van der Waals surface area contributed by atoms with E-state index in [1.165, 1.54) is 17.8 Å². The van der Waals surface area contributed by atoms with Gasteiger partial charge in [-0.25, -0.2) is 4.98 Å². The number of pyridine rings is 1. The van der Waals surface area contributed by atoms with Gasteiger partial charge in [-0.2, -0.15) is 10.5 Å². The Morgan fingerprint density at radius 3 is 2.48 bits per heavy atom. The number of nitrogens with one attached hydrogen (secondary N) is 2. The molecule has 1 aromatic carbocycles. The third-order valence-corrected chi connectivity index (χ3v) is 4.92. The maximum Gasteiger partial charge on any atom is 0.289 e. The first-order valence-corrected chi connectivity index (χ1v) is 9.56. The highest BCUT2D eigenvalue weighted by Gasteiger charge is 2.19. The van der Waals surface area contributed by atoms with E-state index in [2.05, 4.69) is 24.1 Å². The number of benzene rings is 1. The molecule has 0 spiro atoms. The fourth-order valence-corrected chi connectivity index (χ4v) is 3.44. The minimum Gasteiger partial charge on any atom is -0.349 e. The van der Waals surface area contributed by atoms with E-state index in [-0.39, 0.29) is 29.1 Å². The molecule has 4 N–H and O–H groups in total. The molecule has 1 amide bonds. The second-order valence-corrected chi connectivity index (χ2v) is 7.50. The van der Waals surface area contributed by atoms with Gasteiger partial charge in [0.05, 0.1) is 11.8 Å². The van der Waals surface area contributed by atoms with Crippen LogP contribution in [0.1, 0.15) is 43.0 Å². The summed E-state index contributed by atoms with van der Waals surface area (Å²) in [7, 11) is 0. The number of hydrogen-bond donors (Lipinski definition) is 2. The van der Waals surface area contributed by atoms with Gasteiger partial charge in [0.1, 0.15) is 23.3 Å². The summed E-state index contributed by atoms with van der Waals surface area (Å²) < 4.78 is 0. The van der Waals surface area contributed by atoms with Crippen molar-refractivity contribution in [3.63, 3.8) is 0 Å². The second-order valence-electron chi connectivity index (χ2n) is 6.51. The molecule has 6 nitrogen and oxygen atoms in total. The van der Waals surface area contributed by atoms with Crippen molar-refractivity contribution in [1.29, 1.82) is 10.5 Å². The van der Waals surface area contributed by atoms with E-state index < -0.39 is 0 Å². The molecule has 0 aliphatic heterocycles. The Morgan fingerprint density at radius 1 is 1.22 bits per heavy atom. The fourth-order valence-electron chi connectivity index (χ4n) is 2.64. The Kier molecular flexibility index (Phi) is 7.22. The highest BCUT2D eigenvalue weighted by molar-refractivity contribution is 7.99. The van der Waals surface area contributed by atoms with E-state index in [1.54, 1.807) is 0 Å². The van der Waals surface area contributed by atoms with Crippen LogP contribution in [0.4, 0.5) is 5.82 Å². The van der Waals surface area contributed by atoms with Crippen molar-refractivity contribution in [2.75, 3.05) is 11.5 Å². The van der Waals surface area contributed by atoms with Gasteiger partial charge in [0.2, 0.25) is 5.91 Å². The van der Waals surface area contributed by atoms with E-state index in [4.69, 9.17) is 11.0 Å². The maximum absolute atomic E-state index is 12.5. The van der Waals surface area contributed by atoms with Gasteiger partial charge >= 0.3 is 0 Å². The second kappa shape index (κ2) is 9.61. The Hall–Kier alpha value is -3.03. The monoisotopic (exact) mass is 380 g/mol. The lowest BCUT2D eigenvalue weighted by Crippen LogP contribution is -2.31. The fraction of sp³-hybridized carbons (Fsp3) is 0.300. The molecule has 1 atom stereocenters. The quantitative estimate of drug-likeness (QED) is 0.716. The average Bonchev–Trinajstić information content (AvgIpc) is 2.66. The molecule has 7 heteroatoms. The van der Waals surface area contributed by atoms with Gasteiger partial charge < -0.3 is 5.32 Å². The molecule has 2 rings (SSSR count). The van der Waals surface area contributed by atoms with Gasteiger partial charge in [-0.05, 0) is 24.0 Å². The number of nitriles is 2. The lowest BCUT2D eigenvalue weighted by atomic mass is 9.97. The molecule has 0 bridgehead atoms. The maximum atomic E-state index is 12.5. The van der Waals surface area contributed by atoms with Crippen molar-refractivity contribution in [3.8, 4) is 12.1 Å². The Bertz CT molecular complexity index is 884. The van der Waals surface area contributed by atoms with Gasteiger partial charge in [0, 0.05) is 0 Å². The van der Waals surface area contributed by atoms with Crippen LogP contribution < -0.4 is 16.0 Å². The van der Waals surface area contributed by atoms with Crippen LogP contribution in [0.15, 0.2) is 41.4 Å². The van der Waals surface area contributed by atoms with Crippen LogP contribution >= 0.6 is 11.8 Å². The number of carbonyl (C=O) groups excluding carboxylic acids is 1. The molecule has 0 unspecified atom stereocenters. The van der Waals surface area contributed by atoms with Gasteiger partial charge in [0.15, 0.2) is 5.03 Å². The normalized spacial score (nSPS) is 11.4. The summed E-state index contributed by atoms with van der Waals surface area (Å²) in [6.45, 7) is 4.23. The zero-order valence-corrected chi connectivity index (χ0v) is 16.1. The minimum absolute atomic E-state index is 0.0650. The topological polar surface area (TPSA) is 117 Å². The van der Waals surface area contributed by atoms with Crippen molar-refractivity contribution in [2.24, 2.45) is 5.92 Å². The van der Waals surface area contributed by atoms with E-state index in [1.807, 2.05) is 42.5 Å². The molecule has 1 heterocycles. The van der Waals surface area contributed by atoms with Gasteiger partial charge in [-0.1, -0.05) is 55.9 Å². The zero-order valence-electron chi connectivity index (χ0n) is 15.3. The molecule has 0 saturated carbocycles. The summed E-state index contributed by atoms with van der Waals surface area (Å²) in [5.74, 6) is 0.619. The van der Waals surface area contributed by atoms with E-state index in [0.29, 0.717) is 16.5 Å². The first kappa shape index (κ1) is 20.3. The Morgan fingerprint density at radius 2 is 1.89 bits per heavy atom. The number of nitrogens with two attached hydrogens (primary N) is 1. The van der Waals surface area contributed by atoms with Gasteiger partial charge in [0.25, 0.3) is 5.82 Å². The van der Waals surface area contributed by atoms with Crippen LogP contribution in [-0.4, -0.2) is 11.7 Å². The average molecular weight is 380 g/mol. The van der Waals surface area contributed by atoms with Crippen LogP contribution in [0, 0.1) is 28.6 Å². The molecule has 1 aromatic heterocycles. The molecular weight excluding hydrogens is 358 g/mol. The number of aromatic amines is 1. The number of thioether (sulfide) groups is 1. The number of anilines is 1. The molecule has 27 heavy (non-hydrogen) atoms. The molecule has 2 aromatic rings. The number of nitrogen functional groups attached to an aromatic ring is 1. The standard InChI is InChI=1S/C20H21N5OS/c1-13(2)8-17(14-6-4-3-5-7-14)24-18(26)12-27-20-16(11-22)9-15(10-21)19(23)25-20/h3-7,9,13,17H,8,12H2,1-2H3,(H2,23,25)(H,24,26)/p+1/t17-/m1/s1. The predicted molar refractivity (Wildman–Crippen MR) is 104 cm³/mol. The molecule has 0 saturated heterocycles. The summed E-state index contributed by atoms with van der Waals surface area (Å²) in [4.78, 5) is 15.3. The van der Waals surface area contributed by atoms with Crippen LogP contribution in [0.5, 0.6) is 0 Å². The molecule has 0 fully saturated rings. The van der Waals surface area contributed by atoms with Crippen molar-refractivity contribution < 1.29 is 9.78 Å². The molecule has 0 radical (unpaired) electrons. The number of rotatable bonds is 7. The number of amides is 1. The molecular formula is C20H22N5OS+. The summed E-state index contributed by atoms with van der Waals surface area (Å²) >= 11 is 1.19. The molecule has 0 aliphatic carbocycles. The van der Waals surface area contributed by atoms with E-state index in [0.717, 1.165) is 12.0 Å². The lowest BCUT2D eigenvalue weighted by molar-refractivity contribution is -0.410. The number of carbonyl (C=O) groups is 1. The third kappa shape index (κ3) is 5.73. The molecule has 0 aliphatic rings. The first-order valence-electron chi connectivity index (χ1n) is 8.57. The summed E-state index contributed by atoms with van der Waals surface area (Å²) in [5, 5.41) is 21.8. The Labute approximate surface area is 163 Å². The summed E-state index contributed by atoms with van der Waals surface area (Å²) in [6, 6.07) is 15.2. The number of nitrogens with zero attached hydrogens (tertiary/aromatic N) is 2. The van der Waals surface area contributed by atoms with Crippen LogP contribution in [0.2, 0.25) is 0 Å². The number of hydrogen-bond acceptors (Lipinski definition) is 5.